The van der Waals surface area contributed by atoms with Crippen LogP contribution < -0.4 is 64.2 Å². The lowest BCUT2D eigenvalue weighted by molar-refractivity contribution is 0.0978. The Kier molecular flexibility index (Phi) is 28.7. The highest BCUT2D eigenvalue weighted by molar-refractivity contribution is 9.09. The summed E-state index contributed by atoms with van der Waals surface area (Å²) < 4.78 is 53.4. The van der Waals surface area contributed by atoms with Gasteiger partial charge in [0.1, 0.15) is 28.7 Å². The SMILES string of the molecule is NCCCCCN1C(=O)c2ccccc2Oc2ccccc21.NS(=O)(=O)NCCCCCN1C(=O)c2ccccc2Oc2ccccc21.O=C1Nc2ccccc2Oc2ccccc21.O=C1c2ccccc2Oc2ccccc2N1CCCCCBr.[N-]=[N+]=NCCCCCN1C(=O)c2ccccc2Oc2ccccc21. The topological polar surface area (TPSA) is 303 Å². The number of anilines is 5. The molecule has 0 atom stereocenters. The first-order valence-electron chi connectivity index (χ1n) is 36.7. The number of nitrogens with one attached hydrogen (secondary N) is 2. The molecule has 0 spiro atoms. The lowest BCUT2D eigenvalue weighted by Gasteiger charge is -2.22. The molecule has 6 N–H and O–H groups in total. The molecule has 110 heavy (non-hydrogen) atoms. The molecule has 0 unspecified atom stereocenters. The maximum atomic E-state index is 13.0. The Morgan fingerprint density at radius 1 is 0.373 bits per heavy atom. The summed E-state index contributed by atoms with van der Waals surface area (Å²) in [6.45, 7) is 3.97. The van der Waals surface area contributed by atoms with E-state index in [9.17, 15) is 32.4 Å². The molecule has 0 fully saturated rings. The van der Waals surface area contributed by atoms with Crippen LogP contribution in [0.5, 0.6) is 57.5 Å². The Hall–Kier alpha value is -11.8. The molecule has 5 aliphatic rings. The summed E-state index contributed by atoms with van der Waals surface area (Å²) in [6, 6.07) is 74.3. The van der Waals surface area contributed by atoms with Gasteiger partial charge in [0, 0.05) is 49.5 Å². The minimum atomic E-state index is -3.65. The van der Waals surface area contributed by atoms with E-state index in [4.69, 9.17) is 40.1 Å². The largest absolute Gasteiger partial charge is 0.454 e. The van der Waals surface area contributed by atoms with E-state index in [1.54, 1.807) is 40.1 Å². The van der Waals surface area contributed by atoms with Crippen molar-refractivity contribution >= 4 is 84.1 Å². The highest BCUT2D eigenvalue weighted by Crippen LogP contribution is 2.44. The van der Waals surface area contributed by atoms with E-state index in [0.717, 1.165) is 110 Å². The third-order valence-electron chi connectivity index (χ3n) is 18.1. The summed E-state index contributed by atoms with van der Waals surface area (Å²) >= 11 is 3.45. The van der Waals surface area contributed by atoms with Gasteiger partial charge in [-0.1, -0.05) is 168 Å². The molecule has 23 nitrogen and oxygen atoms in total. The minimum absolute atomic E-state index is 0.00621. The van der Waals surface area contributed by atoms with Gasteiger partial charge in [-0.2, -0.15) is 8.42 Å². The molecule has 25 heteroatoms. The van der Waals surface area contributed by atoms with Crippen LogP contribution in [-0.4, -0.2) is 89.1 Å². The number of carbonyl (C=O) groups excluding carboxylic acids is 5. The van der Waals surface area contributed by atoms with Crippen LogP contribution in [0.2, 0.25) is 0 Å². The van der Waals surface area contributed by atoms with Gasteiger partial charge >= 0.3 is 0 Å². The Balaban J connectivity index is 0.000000137. The van der Waals surface area contributed by atoms with E-state index in [0.29, 0.717) is 125 Å². The first-order valence-corrected chi connectivity index (χ1v) is 39.3. The van der Waals surface area contributed by atoms with Gasteiger partial charge in [-0.15, -0.1) is 0 Å². The summed E-state index contributed by atoms with van der Waals surface area (Å²) in [5.41, 5.74) is 20.6. The molecule has 10 aromatic carbocycles. The van der Waals surface area contributed by atoms with E-state index >= 15 is 0 Å². The fraction of sp³-hybridized carbons (Fsp3) is 0.235. The molecule has 5 heterocycles. The summed E-state index contributed by atoms with van der Waals surface area (Å²) in [5.74, 6) is 6.13. The van der Waals surface area contributed by atoms with Gasteiger partial charge in [-0.25, -0.2) is 9.86 Å². The molecule has 0 aliphatic carbocycles. The fourth-order valence-corrected chi connectivity index (χ4v) is 13.5. The van der Waals surface area contributed by atoms with Gasteiger partial charge in [-0.3, -0.25) is 24.0 Å². The summed E-state index contributed by atoms with van der Waals surface area (Å²) in [5, 5.41) is 12.2. The third kappa shape index (κ3) is 20.9. The van der Waals surface area contributed by atoms with Crippen molar-refractivity contribution in [2.45, 2.75) is 77.0 Å². The normalized spacial score (nSPS) is 13.1. The number of unbranched alkanes of at least 4 members (excludes halogenated alkanes) is 8. The van der Waals surface area contributed by atoms with Crippen LogP contribution in [0.1, 0.15) is 129 Å². The molecule has 0 bridgehead atoms. The zero-order valence-electron chi connectivity index (χ0n) is 60.7. The molecule has 0 saturated carbocycles. The van der Waals surface area contributed by atoms with Crippen LogP contribution in [0.3, 0.4) is 0 Å². The van der Waals surface area contributed by atoms with Gasteiger partial charge in [0.05, 0.1) is 56.3 Å². The summed E-state index contributed by atoms with van der Waals surface area (Å²) in [4.78, 5) is 73.5. The van der Waals surface area contributed by atoms with E-state index in [1.165, 1.54) is 0 Å². The molecule has 566 valence electrons. The Bertz CT molecular complexity index is 4910. The van der Waals surface area contributed by atoms with Gasteiger partial charge in [0.15, 0.2) is 28.7 Å². The molecule has 10 aromatic rings. The van der Waals surface area contributed by atoms with Crippen molar-refractivity contribution in [1.82, 2.24) is 4.72 Å². The van der Waals surface area contributed by atoms with Crippen molar-refractivity contribution in [3.05, 3.63) is 281 Å². The second kappa shape index (κ2) is 39.9. The van der Waals surface area contributed by atoms with Crippen molar-refractivity contribution in [3.8, 4) is 57.5 Å². The smallest absolute Gasteiger partial charge is 0.274 e. The van der Waals surface area contributed by atoms with E-state index in [2.05, 4.69) is 36.0 Å². The minimum Gasteiger partial charge on any atom is -0.454 e. The molecule has 15 rings (SSSR count). The number of ether oxygens (including phenoxy) is 5. The number of fused-ring (bicyclic) bond motifs is 10. The number of alkyl halides is 1. The molecule has 0 aromatic heterocycles. The third-order valence-corrected chi connectivity index (χ3v) is 19.3. The zero-order chi connectivity index (χ0) is 77.0. The number of carbonyl (C=O) groups is 5. The zero-order valence-corrected chi connectivity index (χ0v) is 63.1. The lowest BCUT2D eigenvalue weighted by atomic mass is 10.1. The van der Waals surface area contributed by atoms with E-state index in [-0.39, 0.29) is 36.1 Å². The van der Waals surface area contributed by atoms with Gasteiger partial charge in [0.25, 0.3) is 39.7 Å². The number of amides is 5. The molecule has 5 aliphatic heterocycles. The first-order chi connectivity index (χ1) is 53.7. The standard InChI is InChI=1S/C18H18BrNO2.C18H18N4O2.C18H21N3O4S.C18H20N2O2.C13H9NO2/c19-12-6-1-7-13-20-15-9-3-5-11-17(15)22-16-10-4-2-8-14(16)18(20)21;19-21-20-12-6-1-7-13-22-15-9-3-5-11-17(15)24-16-10-4-2-8-14(16)18(22)23;19-26(23,24)20-12-6-1-7-13-21-15-9-3-5-11-17(15)25-16-10-4-2-8-14(16)18(21)22;19-12-6-1-7-13-20-15-9-3-5-11-17(15)22-16-10-4-2-8-14(16)18(20)21;15-13-9-5-1-3-7-11(9)16-12-8-4-2-6-10(12)14-13/h2-5,8-11H,1,6-7,12-13H2;2-5,8-11H,1,6-7,12-13H2;2-5,8-11,20H,1,6-7,12-13H2,(H2,19,23,24);2-5,8-11H,1,6-7,12-13,19H2;1-8H,(H,14,15). The van der Waals surface area contributed by atoms with Crippen LogP contribution >= 0.6 is 15.9 Å². The summed E-state index contributed by atoms with van der Waals surface area (Å²) in [6.07, 6.45) is 10.8. The highest BCUT2D eigenvalue weighted by Gasteiger charge is 2.32. The van der Waals surface area contributed by atoms with Crippen LogP contribution in [0.25, 0.3) is 10.4 Å². The van der Waals surface area contributed by atoms with Gasteiger partial charge in [0.2, 0.25) is 0 Å². The predicted octanol–water partition coefficient (Wildman–Crippen LogP) is 18.9. The Labute approximate surface area is 648 Å². The molecular weight excluding hydrogens is 1480 g/mol. The van der Waals surface area contributed by atoms with Crippen molar-refractivity contribution in [2.75, 3.05) is 76.1 Å². The molecular formula is C85H86BrN11O12S. The molecule has 0 radical (unpaired) electrons. The Morgan fingerprint density at radius 3 is 1.02 bits per heavy atom. The second-order valence-electron chi connectivity index (χ2n) is 25.8. The Morgan fingerprint density at radius 2 is 0.664 bits per heavy atom. The fourth-order valence-electron chi connectivity index (χ4n) is 12.7. The maximum Gasteiger partial charge on any atom is 0.274 e. The van der Waals surface area contributed by atoms with Gasteiger partial charge in [-0.05, 0) is 185 Å². The van der Waals surface area contributed by atoms with E-state index in [1.807, 2.05) is 222 Å². The monoisotopic (exact) mass is 1560 g/mol. The van der Waals surface area contributed by atoms with Crippen molar-refractivity contribution in [3.63, 3.8) is 0 Å². The second-order valence-corrected chi connectivity index (χ2v) is 27.9. The predicted molar refractivity (Wildman–Crippen MR) is 433 cm³/mol. The number of nitrogens with zero attached hydrogens (tertiary/aromatic N) is 7. The van der Waals surface area contributed by atoms with Crippen LogP contribution in [0, 0.1) is 0 Å². The number of halogens is 1. The number of hydrogen-bond donors (Lipinski definition) is 4. The lowest BCUT2D eigenvalue weighted by Crippen LogP contribution is -2.32. The van der Waals surface area contributed by atoms with E-state index < -0.39 is 10.2 Å². The highest BCUT2D eigenvalue weighted by atomic mass is 79.9. The molecule has 0 saturated heterocycles. The summed E-state index contributed by atoms with van der Waals surface area (Å²) in [7, 11) is -3.65. The van der Waals surface area contributed by atoms with Crippen molar-refractivity contribution in [1.29, 1.82) is 0 Å². The molecule has 5 amide bonds. The number of hydrogen-bond acceptors (Lipinski definition) is 14. The average Bonchev–Trinajstić information content (AvgIpc) is 1.65. The quantitative estimate of drug-likeness (QED) is 0.0152. The number of para-hydroxylation sites is 15. The van der Waals surface area contributed by atoms with Crippen LogP contribution in [0.15, 0.2) is 248 Å². The maximum absolute atomic E-state index is 13.0. The first kappa shape index (κ1) is 79.2. The number of azide groups is 1. The van der Waals surface area contributed by atoms with Crippen molar-refractivity contribution in [2.24, 2.45) is 16.0 Å². The number of benzene rings is 10. The number of rotatable bonds is 23. The average molecular weight is 1570 g/mol. The van der Waals surface area contributed by atoms with Crippen LogP contribution in [0.4, 0.5) is 28.4 Å². The van der Waals surface area contributed by atoms with Crippen molar-refractivity contribution < 1.29 is 56.1 Å². The number of nitrogens with two attached hydrogens (primary N) is 2. The van der Waals surface area contributed by atoms with Crippen LogP contribution in [-0.2, 0) is 10.2 Å². The van der Waals surface area contributed by atoms with Gasteiger partial charge < -0.3 is 54.3 Å².